The summed E-state index contributed by atoms with van der Waals surface area (Å²) in [6.45, 7) is 7.00. The number of aromatic amines is 1. The number of aromatic nitrogens is 4. The molecule has 1 aliphatic carbocycles. The van der Waals surface area contributed by atoms with Gasteiger partial charge >= 0.3 is 6.09 Å². The van der Waals surface area contributed by atoms with E-state index >= 15 is 0 Å². The summed E-state index contributed by atoms with van der Waals surface area (Å²) in [5.41, 5.74) is 1.95. The molecule has 2 aromatic heterocycles. The van der Waals surface area contributed by atoms with Gasteiger partial charge in [-0.1, -0.05) is 6.92 Å². The smallest absolute Gasteiger partial charge is 0.410 e. The molecule has 8 heteroatoms. The van der Waals surface area contributed by atoms with E-state index in [4.69, 9.17) is 4.74 Å². The average molecular weight is 384 g/mol. The third kappa shape index (κ3) is 3.81. The lowest BCUT2D eigenvalue weighted by Crippen LogP contribution is -2.58. The van der Waals surface area contributed by atoms with Gasteiger partial charge in [0.25, 0.3) is 0 Å². The zero-order chi connectivity index (χ0) is 19.7. The fourth-order valence-electron chi connectivity index (χ4n) is 3.89. The molecular formula is C20H28N6O2. The van der Waals surface area contributed by atoms with Crippen LogP contribution in [0.4, 0.5) is 16.4 Å². The highest BCUT2D eigenvalue weighted by Gasteiger charge is 2.41. The number of ether oxygens (including phenoxy) is 1. The van der Waals surface area contributed by atoms with Crippen molar-refractivity contribution in [3.63, 3.8) is 0 Å². The third-order valence-electron chi connectivity index (χ3n) is 5.91. The lowest BCUT2D eigenvalue weighted by Gasteiger charge is -2.47. The van der Waals surface area contributed by atoms with E-state index in [1.54, 1.807) is 12.4 Å². The summed E-state index contributed by atoms with van der Waals surface area (Å²) in [6.07, 6.45) is 7.87. The van der Waals surface area contributed by atoms with Crippen molar-refractivity contribution < 1.29 is 9.53 Å². The molecule has 2 aliphatic rings. The third-order valence-corrected chi connectivity index (χ3v) is 5.91. The van der Waals surface area contributed by atoms with Crippen LogP contribution in [0.3, 0.4) is 0 Å². The molecule has 3 heterocycles. The van der Waals surface area contributed by atoms with E-state index < -0.39 is 0 Å². The molecule has 0 spiro atoms. The summed E-state index contributed by atoms with van der Waals surface area (Å²) in [5.74, 6) is 1.71. The molecule has 4 rings (SSSR count). The van der Waals surface area contributed by atoms with Crippen LogP contribution in [0.1, 0.15) is 63.8 Å². The Kier molecular flexibility index (Phi) is 4.95. The molecule has 2 N–H and O–H groups in total. The predicted molar refractivity (Wildman–Crippen MR) is 106 cm³/mol. The molecule has 2 atom stereocenters. The molecule has 0 bridgehead atoms. The van der Waals surface area contributed by atoms with E-state index in [9.17, 15) is 4.79 Å². The van der Waals surface area contributed by atoms with Gasteiger partial charge in [0.2, 0.25) is 0 Å². The average Bonchev–Trinajstić information content (AvgIpc) is 3.31. The van der Waals surface area contributed by atoms with Crippen molar-refractivity contribution in [2.45, 2.75) is 70.4 Å². The van der Waals surface area contributed by atoms with Crippen molar-refractivity contribution in [3.8, 4) is 0 Å². The van der Waals surface area contributed by atoms with E-state index in [1.807, 2.05) is 17.9 Å². The van der Waals surface area contributed by atoms with Crippen molar-refractivity contribution in [2.75, 3.05) is 11.9 Å². The van der Waals surface area contributed by atoms with Crippen LogP contribution in [0.2, 0.25) is 0 Å². The number of nitrogens with zero attached hydrogens (tertiary/aromatic N) is 4. The van der Waals surface area contributed by atoms with Gasteiger partial charge in [-0.25, -0.2) is 9.78 Å². The Morgan fingerprint density at radius 1 is 1.32 bits per heavy atom. The number of hydrogen-bond acceptors (Lipinski definition) is 6. The van der Waals surface area contributed by atoms with Gasteiger partial charge in [-0.2, -0.15) is 5.10 Å². The Morgan fingerprint density at radius 2 is 2.18 bits per heavy atom. The zero-order valence-electron chi connectivity index (χ0n) is 16.7. The molecule has 1 aliphatic heterocycles. The highest BCUT2D eigenvalue weighted by atomic mass is 16.6. The number of H-pyrrole nitrogens is 1. The SMILES string of the molecule is CCc1cnc(Nc2cc(C3CCC(OC(=O)N4CCC4(C)C)C3)[nH]n2)cn1. The summed E-state index contributed by atoms with van der Waals surface area (Å²) in [5, 5.41) is 10.6. The number of aryl methyl sites for hydroxylation is 1. The normalized spacial score (nSPS) is 23.3. The predicted octanol–water partition coefficient (Wildman–Crippen LogP) is 3.76. The minimum Gasteiger partial charge on any atom is -0.446 e. The van der Waals surface area contributed by atoms with Crippen LogP contribution in [-0.4, -0.2) is 49.3 Å². The largest absolute Gasteiger partial charge is 0.446 e. The van der Waals surface area contributed by atoms with Crippen LogP contribution < -0.4 is 5.32 Å². The van der Waals surface area contributed by atoms with Crippen LogP contribution >= 0.6 is 0 Å². The van der Waals surface area contributed by atoms with Gasteiger partial charge in [0, 0.05) is 29.8 Å². The summed E-state index contributed by atoms with van der Waals surface area (Å²) in [4.78, 5) is 22.9. The Balaban J connectivity index is 1.31. The van der Waals surface area contributed by atoms with E-state index in [0.717, 1.165) is 55.9 Å². The Morgan fingerprint density at radius 3 is 2.82 bits per heavy atom. The quantitative estimate of drug-likeness (QED) is 0.815. The summed E-state index contributed by atoms with van der Waals surface area (Å²) < 4.78 is 5.75. The first kappa shape index (κ1) is 18.7. The first-order chi connectivity index (χ1) is 13.4. The number of amides is 1. The summed E-state index contributed by atoms with van der Waals surface area (Å²) >= 11 is 0. The summed E-state index contributed by atoms with van der Waals surface area (Å²) in [7, 11) is 0. The van der Waals surface area contributed by atoms with Gasteiger partial charge in [-0.15, -0.1) is 0 Å². The van der Waals surface area contributed by atoms with Crippen LogP contribution in [0, 0.1) is 0 Å². The van der Waals surface area contributed by atoms with E-state index in [0.29, 0.717) is 11.7 Å². The number of nitrogens with one attached hydrogen (secondary N) is 2. The van der Waals surface area contributed by atoms with E-state index in [2.05, 4.69) is 39.3 Å². The molecule has 2 fully saturated rings. The van der Waals surface area contributed by atoms with Crippen LogP contribution in [0.25, 0.3) is 0 Å². The monoisotopic (exact) mass is 384 g/mol. The topological polar surface area (TPSA) is 96.0 Å². The lowest BCUT2D eigenvalue weighted by molar-refractivity contribution is -0.0101. The first-order valence-electron chi connectivity index (χ1n) is 10.1. The Labute approximate surface area is 165 Å². The zero-order valence-corrected chi connectivity index (χ0v) is 16.7. The number of rotatable bonds is 5. The maximum absolute atomic E-state index is 12.4. The molecule has 0 radical (unpaired) electrons. The second-order valence-corrected chi connectivity index (χ2v) is 8.31. The first-order valence-corrected chi connectivity index (χ1v) is 10.1. The molecule has 1 amide bonds. The number of hydrogen-bond donors (Lipinski definition) is 2. The fourth-order valence-corrected chi connectivity index (χ4v) is 3.89. The second-order valence-electron chi connectivity index (χ2n) is 8.31. The van der Waals surface area contributed by atoms with Gasteiger partial charge in [-0.3, -0.25) is 10.1 Å². The van der Waals surface area contributed by atoms with Crippen molar-refractivity contribution >= 4 is 17.7 Å². The van der Waals surface area contributed by atoms with E-state index in [1.165, 1.54) is 0 Å². The molecule has 0 aromatic carbocycles. The molecule has 8 nitrogen and oxygen atoms in total. The van der Waals surface area contributed by atoms with Crippen molar-refractivity contribution in [3.05, 3.63) is 29.8 Å². The lowest BCUT2D eigenvalue weighted by atomic mass is 9.90. The Hall–Kier alpha value is -2.64. The van der Waals surface area contributed by atoms with Gasteiger partial charge in [-0.05, 0) is 46.0 Å². The van der Waals surface area contributed by atoms with Crippen LogP contribution in [0.5, 0.6) is 0 Å². The van der Waals surface area contributed by atoms with Crippen molar-refractivity contribution in [2.24, 2.45) is 0 Å². The minimum absolute atomic E-state index is 0.0268. The van der Waals surface area contributed by atoms with Gasteiger partial charge in [0.1, 0.15) is 11.9 Å². The standard InChI is InChI=1S/C20H28N6O2/c1-4-14-11-22-18(12-21-14)23-17-10-16(24-25-17)13-5-6-15(9-13)28-19(27)26-8-7-20(26,2)3/h10-13,15H,4-9H2,1-3H3,(H2,22,23,24,25). The highest BCUT2D eigenvalue weighted by molar-refractivity contribution is 5.70. The maximum atomic E-state index is 12.4. The van der Waals surface area contributed by atoms with E-state index in [-0.39, 0.29) is 17.7 Å². The summed E-state index contributed by atoms with van der Waals surface area (Å²) in [6, 6.07) is 2.00. The molecule has 1 saturated heterocycles. The van der Waals surface area contributed by atoms with Gasteiger partial charge in [0.15, 0.2) is 5.82 Å². The maximum Gasteiger partial charge on any atom is 0.410 e. The molecular weight excluding hydrogens is 356 g/mol. The highest BCUT2D eigenvalue weighted by Crippen LogP contribution is 2.37. The van der Waals surface area contributed by atoms with Crippen LogP contribution in [-0.2, 0) is 11.2 Å². The molecule has 1 saturated carbocycles. The molecule has 28 heavy (non-hydrogen) atoms. The number of likely N-dealkylation sites (tertiary alicyclic amines) is 1. The molecule has 2 unspecified atom stereocenters. The minimum atomic E-state index is -0.178. The van der Waals surface area contributed by atoms with Crippen molar-refractivity contribution in [1.82, 2.24) is 25.1 Å². The van der Waals surface area contributed by atoms with Gasteiger partial charge < -0.3 is 15.0 Å². The molecule has 2 aromatic rings. The number of carbonyl (C=O) groups excluding carboxylic acids is 1. The Bertz CT molecular complexity index is 831. The van der Waals surface area contributed by atoms with Crippen molar-refractivity contribution in [1.29, 1.82) is 0 Å². The number of carbonyl (C=O) groups is 1. The molecule has 150 valence electrons. The fraction of sp³-hybridized carbons (Fsp3) is 0.600. The second kappa shape index (κ2) is 7.41. The number of anilines is 2. The van der Waals surface area contributed by atoms with Gasteiger partial charge in [0.05, 0.1) is 18.1 Å². The van der Waals surface area contributed by atoms with Crippen LogP contribution in [0.15, 0.2) is 18.5 Å².